The van der Waals surface area contributed by atoms with Crippen LogP contribution in [0.25, 0.3) is 11.4 Å². The highest BCUT2D eigenvalue weighted by Gasteiger charge is 2.23. The summed E-state index contributed by atoms with van der Waals surface area (Å²) >= 11 is 6.13. The second-order valence-electron chi connectivity index (χ2n) is 9.15. The number of aromatic nitrogens is 2. The van der Waals surface area contributed by atoms with Crippen molar-refractivity contribution in [3.05, 3.63) is 90.0 Å². The molecule has 0 saturated carbocycles. The third kappa shape index (κ3) is 5.89. The van der Waals surface area contributed by atoms with Crippen LogP contribution in [0.15, 0.2) is 84.9 Å². The summed E-state index contributed by atoms with van der Waals surface area (Å²) in [5.41, 5.74) is 3.00. The number of nitrogens with one attached hydrogen (secondary N) is 1. The molecule has 0 radical (unpaired) electrons. The summed E-state index contributed by atoms with van der Waals surface area (Å²) in [6.07, 6.45) is 2.15. The number of para-hydroxylation sites is 1. The standard InChI is InChI=1S/C29H30ClN5O/c1-34(2)24-9-6-8-23(18-24)31-27-19-28(33-29(32-27)21-13-15-22(30)16-14-21)35-17-7-12-26(20-35)36-25-10-4-3-5-11-25/h3-6,8-11,13-16,18-19,26H,7,12,17,20H2,1-2H3,(H,31,32,33). The summed E-state index contributed by atoms with van der Waals surface area (Å²) in [6.45, 7) is 1.68. The topological polar surface area (TPSA) is 53.5 Å². The fourth-order valence-corrected chi connectivity index (χ4v) is 4.46. The van der Waals surface area contributed by atoms with Crippen molar-refractivity contribution >= 4 is 34.6 Å². The first kappa shape index (κ1) is 23.9. The average Bonchev–Trinajstić information content (AvgIpc) is 2.90. The summed E-state index contributed by atoms with van der Waals surface area (Å²) in [5, 5.41) is 4.18. The van der Waals surface area contributed by atoms with Gasteiger partial charge in [-0.05, 0) is 67.4 Å². The molecule has 6 nitrogen and oxygen atoms in total. The van der Waals surface area contributed by atoms with Crippen LogP contribution in [0.2, 0.25) is 5.02 Å². The summed E-state index contributed by atoms with van der Waals surface area (Å²) in [4.78, 5) is 14.2. The number of anilines is 4. The summed E-state index contributed by atoms with van der Waals surface area (Å²) in [7, 11) is 4.07. The van der Waals surface area contributed by atoms with Gasteiger partial charge in [-0.1, -0.05) is 35.9 Å². The van der Waals surface area contributed by atoms with Gasteiger partial charge in [-0.2, -0.15) is 0 Å². The number of hydrogen-bond acceptors (Lipinski definition) is 6. The molecule has 7 heteroatoms. The van der Waals surface area contributed by atoms with Crippen molar-refractivity contribution in [2.24, 2.45) is 0 Å². The van der Waals surface area contributed by atoms with E-state index in [0.717, 1.165) is 60.3 Å². The van der Waals surface area contributed by atoms with Gasteiger partial charge in [-0.3, -0.25) is 0 Å². The monoisotopic (exact) mass is 499 g/mol. The maximum absolute atomic E-state index is 6.28. The Kier molecular flexibility index (Phi) is 7.23. The van der Waals surface area contributed by atoms with E-state index >= 15 is 0 Å². The molecule has 5 rings (SSSR count). The maximum Gasteiger partial charge on any atom is 0.163 e. The molecule has 0 amide bonds. The van der Waals surface area contributed by atoms with Gasteiger partial charge in [0, 0.05) is 48.7 Å². The summed E-state index contributed by atoms with van der Waals surface area (Å²) in [5.74, 6) is 3.17. The molecule has 1 unspecified atom stereocenters. The highest BCUT2D eigenvalue weighted by Crippen LogP contribution is 2.29. The van der Waals surface area contributed by atoms with Crippen molar-refractivity contribution in [1.29, 1.82) is 0 Å². The van der Waals surface area contributed by atoms with Crippen LogP contribution < -0.4 is 19.9 Å². The number of ether oxygens (including phenoxy) is 1. The molecule has 1 atom stereocenters. The average molecular weight is 500 g/mol. The van der Waals surface area contributed by atoms with Crippen LogP contribution >= 0.6 is 11.6 Å². The molecule has 36 heavy (non-hydrogen) atoms. The number of halogens is 1. The zero-order valence-corrected chi connectivity index (χ0v) is 21.3. The van der Waals surface area contributed by atoms with E-state index in [-0.39, 0.29) is 6.10 Å². The molecule has 2 heterocycles. The molecule has 1 aliphatic rings. The van der Waals surface area contributed by atoms with Crippen molar-refractivity contribution in [3.8, 4) is 17.1 Å². The van der Waals surface area contributed by atoms with E-state index in [9.17, 15) is 0 Å². The van der Waals surface area contributed by atoms with Crippen molar-refractivity contribution < 1.29 is 4.74 Å². The zero-order valence-electron chi connectivity index (χ0n) is 20.6. The molecule has 1 saturated heterocycles. The Morgan fingerprint density at radius 2 is 1.75 bits per heavy atom. The van der Waals surface area contributed by atoms with Crippen molar-refractivity contribution in [3.63, 3.8) is 0 Å². The fourth-order valence-electron chi connectivity index (χ4n) is 4.33. The Bertz CT molecular complexity index is 1300. The van der Waals surface area contributed by atoms with Crippen LogP contribution in [0.3, 0.4) is 0 Å². The Hall–Kier alpha value is -3.77. The van der Waals surface area contributed by atoms with Gasteiger partial charge in [0.1, 0.15) is 23.5 Å². The largest absolute Gasteiger partial charge is 0.489 e. The number of rotatable bonds is 7. The Morgan fingerprint density at radius 1 is 0.944 bits per heavy atom. The molecule has 1 fully saturated rings. The SMILES string of the molecule is CN(C)c1cccc(Nc2cc(N3CCCC(Oc4ccccc4)C3)nc(-c3ccc(Cl)cc3)n2)c1. The smallest absolute Gasteiger partial charge is 0.163 e. The van der Waals surface area contributed by atoms with Gasteiger partial charge in [0.25, 0.3) is 0 Å². The molecule has 0 bridgehead atoms. The van der Waals surface area contributed by atoms with Crippen LogP contribution in [0, 0.1) is 0 Å². The quantitative estimate of drug-likeness (QED) is 0.307. The van der Waals surface area contributed by atoms with E-state index in [4.69, 9.17) is 26.3 Å². The molecule has 184 valence electrons. The first-order chi connectivity index (χ1) is 17.5. The Morgan fingerprint density at radius 3 is 2.53 bits per heavy atom. The summed E-state index contributed by atoms with van der Waals surface area (Å²) in [6, 6.07) is 27.9. The lowest BCUT2D eigenvalue weighted by molar-refractivity contribution is 0.179. The first-order valence-electron chi connectivity index (χ1n) is 12.2. The van der Waals surface area contributed by atoms with Crippen LogP contribution in [0.1, 0.15) is 12.8 Å². The van der Waals surface area contributed by atoms with Gasteiger partial charge in [0.15, 0.2) is 5.82 Å². The Balaban J connectivity index is 1.45. The van der Waals surface area contributed by atoms with E-state index in [1.807, 2.05) is 86.9 Å². The van der Waals surface area contributed by atoms with E-state index in [0.29, 0.717) is 10.8 Å². The van der Waals surface area contributed by atoms with Gasteiger partial charge in [0.05, 0.1) is 6.54 Å². The minimum Gasteiger partial charge on any atom is -0.489 e. The Labute approximate surface area is 217 Å². The lowest BCUT2D eigenvalue weighted by Gasteiger charge is -2.34. The highest BCUT2D eigenvalue weighted by molar-refractivity contribution is 6.30. The number of piperidine rings is 1. The number of nitrogens with zero attached hydrogens (tertiary/aromatic N) is 4. The molecule has 0 aliphatic carbocycles. The van der Waals surface area contributed by atoms with E-state index in [1.54, 1.807) is 0 Å². The third-order valence-corrected chi connectivity index (χ3v) is 6.45. The van der Waals surface area contributed by atoms with Gasteiger partial charge in [0.2, 0.25) is 0 Å². The predicted octanol–water partition coefficient (Wildman–Crippen LogP) is 6.65. The molecular formula is C29H30ClN5O. The molecule has 4 aromatic rings. The molecule has 1 aliphatic heterocycles. The van der Waals surface area contributed by atoms with Crippen molar-refractivity contribution in [1.82, 2.24) is 9.97 Å². The lowest BCUT2D eigenvalue weighted by Crippen LogP contribution is -2.41. The summed E-state index contributed by atoms with van der Waals surface area (Å²) < 4.78 is 6.28. The molecule has 1 aromatic heterocycles. The van der Waals surface area contributed by atoms with Gasteiger partial charge in [-0.15, -0.1) is 0 Å². The molecule has 1 N–H and O–H groups in total. The van der Waals surface area contributed by atoms with E-state index in [1.165, 1.54) is 0 Å². The first-order valence-corrected chi connectivity index (χ1v) is 12.6. The predicted molar refractivity (Wildman–Crippen MR) is 149 cm³/mol. The minimum absolute atomic E-state index is 0.100. The highest BCUT2D eigenvalue weighted by atomic mass is 35.5. The normalized spacial score (nSPS) is 15.4. The second-order valence-corrected chi connectivity index (χ2v) is 9.59. The van der Waals surface area contributed by atoms with E-state index < -0.39 is 0 Å². The third-order valence-electron chi connectivity index (χ3n) is 6.20. The van der Waals surface area contributed by atoms with Crippen molar-refractivity contribution in [2.75, 3.05) is 42.3 Å². The second kappa shape index (κ2) is 10.9. The van der Waals surface area contributed by atoms with Crippen LogP contribution in [-0.2, 0) is 0 Å². The van der Waals surface area contributed by atoms with Gasteiger partial charge < -0.3 is 19.9 Å². The zero-order chi connectivity index (χ0) is 24.9. The lowest BCUT2D eigenvalue weighted by atomic mass is 10.1. The van der Waals surface area contributed by atoms with Crippen LogP contribution in [0.5, 0.6) is 5.75 Å². The maximum atomic E-state index is 6.28. The van der Waals surface area contributed by atoms with Crippen LogP contribution in [-0.4, -0.2) is 43.3 Å². The fraction of sp³-hybridized carbons (Fsp3) is 0.241. The van der Waals surface area contributed by atoms with Gasteiger partial charge >= 0.3 is 0 Å². The molecular weight excluding hydrogens is 470 g/mol. The number of benzene rings is 3. The van der Waals surface area contributed by atoms with Gasteiger partial charge in [-0.25, -0.2) is 9.97 Å². The van der Waals surface area contributed by atoms with E-state index in [2.05, 4.69) is 27.2 Å². The molecule has 3 aromatic carbocycles. The molecule has 0 spiro atoms. The number of hydrogen-bond donors (Lipinski definition) is 1. The minimum atomic E-state index is 0.100. The van der Waals surface area contributed by atoms with Crippen molar-refractivity contribution in [2.45, 2.75) is 18.9 Å². The van der Waals surface area contributed by atoms with Crippen LogP contribution in [0.4, 0.5) is 23.0 Å².